The zero-order valence-electron chi connectivity index (χ0n) is 15.4. The predicted molar refractivity (Wildman–Crippen MR) is 106 cm³/mol. The van der Waals surface area contributed by atoms with E-state index in [2.05, 4.69) is 10.3 Å². The highest BCUT2D eigenvalue weighted by molar-refractivity contribution is 7.14. The van der Waals surface area contributed by atoms with Crippen LogP contribution in [0.3, 0.4) is 0 Å². The number of hydrogen-bond acceptors (Lipinski definition) is 5. The first kappa shape index (κ1) is 19.0. The highest BCUT2D eigenvalue weighted by atomic mass is 32.1. The molecule has 1 fully saturated rings. The molecule has 2 amide bonds. The molecule has 1 aliphatic rings. The van der Waals surface area contributed by atoms with E-state index < -0.39 is 0 Å². The Morgan fingerprint density at radius 2 is 2.19 bits per heavy atom. The van der Waals surface area contributed by atoms with Gasteiger partial charge >= 0.3 is 0 Å². The highest BCUT2D eigenvalue weighted by Gasteiger charge is 2.32. The van der Waals surface area contributed by atoms with Gasteiger partial charge in [-0.1, -0.05) is 13.8 Å². The second kappa shape index (κ2) is 8.31. The van der Waals surface area contributed by atoms with Gasteiger partial charge in [0.25, 0.3) is 5.91 Å². The normalized spacial score (nSPS) is 17.1. The van der Waals surface area contributed by atoms with Crippen LogP contribution in [0.4, 0.5) is 0 Å². The third kappa shape index (κ3) is 4.15. The Hall–Kier alpha value is -1.73. The molecule has 2 aromatic heterocycles. The molecular formula is C19H25N3O2S2. The second-order valence-corrected chi connectivity index (χ2v) is 8.97. The zero-order chi connectivity index (χ0) is 18.7. The molecule has 3 rings (SSSR count). The fraction of sp³-hybridized carbons (Fsp3) is 0.526. The molecule has 0 aromatic carbocycles. The standard InChI is InChI=1S/C19H25N3O2S2/c1-12(2)19(24)22-10-4-5-14(22)16-6-7-17(26-16)18(23)20-9-8-15-13(3)21-11-25-15/h6-7,11-12,14H,4-5,8-10H2,1-3H3,(H,20,23)/t14-/m0/s1. The smallest absolute Gasteiger partial charge is 0.261 e. The maximum Gasteiger partial charge on any atom is 0.261 e. The molecule has 0 unspecified atom stereocenters. The topological polar surface area (TPSA) is 62.3 Å². The Morgan fingerprint density at radius 3 is 2.88 bits per heavy atom. The number of thiophene rings is 1. The number of amides is 2. The van der Waals surface area contributed by atoms with Gasteiger partial charge in [0.2, 0.25) is 5.91 Å². The summed E-state index contributed by atoms with van der Waals surface area (Å²) in [5.74, 6) is 0.170. The molecule has 1 atom stereocenters. The van der Waals surface area contributed by atoms with Crippen molar-refractivity contribution < 1.29 is 9.59 Å². The first-order valence-electron chi connectivity index (χ1n) is 9.04. The molecule has 140 valence electrons. The molecular weight excluding hydrogens is 366 g/mol. The Labute approximate surface area is 162 Å². The maximum absolute atomic E-state index is 12.4. The number of aromatic nitrogens is 1. The number of likely N-dealkylation sites (tertiary alicyclic amines) is 1. The molecule has 7 heteroatoms. The molecule has 1 N–H and O–H groups in total. The second-order valence-electron chi connectivity index (χ2n) is 6.91. The van der Waals surface area contributed by atoms with Gasteiger partial charge in [0.15, 0.2) is 0 Å². The van der Waals surface area contributed by atoms with Gasteiger partial charge in [-0.3, -0.25) is 9.59 Å². The van der Waals surface area contributed by atoms with Crippen molar-refractivity contribution in [1.29, 1.82) is 0 Å². The SMILES string of the molecule is Cc1ncsc1CCNC(=O)c1ccc([C@@H]2CCCN2C(=O)C(C)C)s1. The van der Waals surface area contributed by atoms with Crippen LogP contribution >= 0.6 is 22.7 Å². The van der Waals surface area contributed by atoms with Crippen LogP contribution in [0, 0.1) is 12.8 Å². The lowest BCUT2D eigenvalue weighted by Gasteiger charge is -2.25. The fourth-order valence-electron chi connectivity index (χ4n) is 3.25. The van der Waals surface area contributed by atoms with E-state index in [0.717, 1.165) is 36.4 Å². The molecule has 0 radical (unpaired) electrons. The lowest BCUT2D eigenvalue weighted by molar-refractivity contribution is -0.135. The third-order valence-corrected chi connectivity index (χ3v) is 6.87. The van der Waals surface area contributed by atoms with E-state index in [1.807, 2.05) is 43.3 Å². The average Bonchev–Trinajstić information content (AvgIpc) is 3.34. The summed E-state index contributed by atoms with van der Waals surface area (Å²) in [7, 11) is 0. The van der Waals surface area contributed by atoms with Gasteiger partial charge in [-0.15, -0.1) is 22.7 Å². The number of thiazole rings is 1. The molecule has 0 aliphatic carbocycles. The van der Waals surface area contributed by atoms with Crippen molar-refractivity contribution in [2.24, 2.45) is 5.92 Å². The molecule has 0 bridgehead atoms. The van der Waals surface area contributed by atoms with E-state index in [9.17, 15) is 9.59 Å². The molecule has 1 saturated heterocycles. The molecule has 0 saturated carbocycles. The van der Waals surface area contributed by atoms with Crippen molar-refractivity contribution >= 4 is 34.5 Å². The van der Waals surface area contributed by atoms with Crippen LogP contribution in [0.2, 0.25) is 0 Å². The van der Waals surface area contributed by atoms with E-state index in [1.54, 1.807) is 11.3 Å². The highest BCUT2D eigenvalue weighted by Crippen LogP contribution is 2.36. The monoisotopic (exact) mass is 391 g/mol. The minimum atomic E-state index is -0.0387. The van der Waals surface area contributed by atoms with Gasteiger partial charge in [-0.2, -0.15) is 0 Å². The Balaban J connectivity index is 1.59. The summed E-state index contributed by atoms with van der Waals surface area (Å²) in [5.41, 5.74) is 2.88. The van der Waals surface area contributed by atoms with E-state index in [4.69, 9.17) is 0 Å². The number of carbonyl (C=O) groups excluding carboxylic acids is 2. The van der Waals surface area contributed by atoms with Crippen LogP contribution in [0.15, 0.2) is 17.6 Å². The summed E-state index contributed by atoms with van der Waals surface area (Å²) in [6.07, 6.45) is 2.81. The van der Waals surface area contributed by atoms with Crippen LogP contribution in [0.1, 0.15) is 57.9 Å². The molecule has 26 heavy (non-hydrogen) atoms. The van der Waals surface area contributed by atoms with Crippen molar-refractivity contribution in [3.05, 3.63) is 38.0 Å². The minimum Gasteiger partial charge on any atom is -0.351 e. The minimum absolute atomic E-state index is 0.00790. The van der Waals surface area contributed by atoms with Gasteiger partial charge < -0.3 is 10.2 Å². The first-order chi connectivity index (χ1) is 12.5. The lowest BCUT2D eigenvalue weighted by atomic mass is 10.1. The van der Waals surface area contributed by atoms with Crippen molar-refractivity contribution in [2.45, 2.75) is 46.1 Å². The summed E-state index contributed by atoms with van der Waals surface area (Å²) in [5, 5.41) is 2.99. The third-order valence-electron chi connectivity index (χ3n) is 4.69. The summed E-state index contributed by atoms with van der Waals surface area (Å²) < 4.78 is 0. The van der Waals surface area contributed by atoms with Crippen LogP contribution in [0.5, 0.6) is 0 Å². The number of nitrogens with one attached hydrogen (secondary N) is 1. The summed E-state index contributed by atoms with van der Waals surface area (Å²) in [6, 6.07) is 4.00. The molecule has 3 heterocycles. The van der Waals surface area contributed by atoms with Crippen LogP contribution in [-0.2, 0) is 11.2 Å². The van der Waals surface area contributed by atoms with Crippen molar-refractivity contribution in [1.82, 2.24) is 15.2 Å². The van der Waals surface area contributed by atoms with Crippen LogP contribution in [0.25, 0.3) is 0 Å². The van der Waals surface area contributed by atoms with Crippen molar-refractivity contribution in [3.63, 3.8) is 0 Å². The molecule has 5 nitrogen and oxygen atoms in total. The number of hydrogen-bond donors (Lipinski definition) is 1. The average molecular weight is 392 g/mol. The molecule has 1 aliphatic heterocycles. The van der Waals surface area contributed by atoms with E-state index in [1.165, 1.54) is 16.2 Å². The summed E-state index contributed by atoms with van der Waals surface area (Å²) in [6.45, 7) is 7.29. The maximum atomic E-state index is 12.4. The first-order valence-corrected chi connectivity index (χ1v) is 10.7. The Bertz CT molecular complexity index is 781. The van der Waals surface area contributed by atoms with Gasteiger partial charge in [0.1, 0.15) is 0 Å². The number of carbonyl (C=O) groups is 2. The summed E-state index contributed by atoms with van der Waals surface area (Å²) in [4.78, 5) is 34.1. The van der Waals surface area contributed by atoms with E-state index >= 15 is 0 Å². The quantitative estimate of drug-likeness (QED) is 0.815. The van der Waals surface area contributed by atoms with Gasteiger partial charge in [-0.25, -0.2) is 4.98 Å². The number of nitrogens with zero attached hydrogens (tertiary/aromatic N) is 2. The van der Waals surface area contributed by atoms with Crippen LogP contribution in [-0.4, -0.2) is 34.8 Å². The largest absolute Gasteiger partial charge is 0.351 e. The number of aryl methyl sites for hydroxylation is 1. The van der Waals surface area contributed by atoms with E-state index in [0.29, 0.717) is 11.4 Å². The Kier molecular flexibility index (Phi) is 6.09. The van der Waals surface area contributed by atoms with E-state index in [-0.39, 0.29) is 23.8 Å². The molecule has 2 aromatic rings. The van der Waals surface area contributed by atoms with Crippen LogP contribution < -0.4 is 5.32 Å². The lowest BCUT2D eigenvalue weighted by Crippen LogP contribution is -2.33. The van der Waals surface area contributed by atoms with Gasteiger partial charge in [0, 0.05) is 35.2 Å². The number of rotatable bonds is 6. The fourth-order valence-corrected chi connectivity index (χ4v) is 5.11. The predicted octanol–water partition coefficient (Wildman–Crippen LogP) is 3.81. The zero-order valence-corrected chi connectivity index (χ0v) is 17.1. The van der Waals surface area contributed by atoms with Crippen molar-refractivity contribution in [2.75, 3.05) is 13.1 Å². The molecule has 0 spiro atoms. The summed E-state index contributed by atoms with van der Waals surface area (Å²) >= 11 is 3.13. The van der Waals surface area contributed by atoms with Crippen molar-refractivity contribution in [3.8, 4) is 0 Å². The van der Waals surface area contributed by atoms with Gasteiger partial charge in [-0.05, 0) is 31.9 Å². The Morgan fingerprint density at radius 1 is 1.38 bits per heavy atom. The van der Waals surface area contributed by atoms with Gasteiger partial charge in [0.05, 0.1) is 22.1 Å².